The van der Waals surface area contributed by atoms with E-state index >= 15 is 0 Å². The summed E-state index contributed by atoms with van der Waals surface area (Å²) in [7, 11) is 1.66. The van der Waals surface area contributed by atoms with Gasteiger partial charge in [0.1, 0.15) is 5.82 Å². The Labute approximate surface area is 180 Å². The average molecular weight is 514 g/mol. The first-order chi connectivity index (χ1) is 12.8. The van der Waals surface area contributed by atoms with Gasteiger partial charge in [-0.05, 0) is 37.0 Å². The molecule has 158 valence electrons. The number of aliphatic imine (C=N–C) groups is 1. The van der Waals surface area contributed by atoms with E-state index in [1.54, 1.807) is 7.05 Å². The van der Waals surface area contributed by atoms with Crippen LogP contribution in [0.4, 0.5) is 17.6 Å². The summed E-state index contributed by atoms with van der Waals surface area (Å²) < 4.78 is 50.8. The van der Waals surface area contributed by atoms with Crippen LogP contribution in [0, 0.1) is 5.82 Å². The van der Waals surface area contributed by atoms with Crippen molar-refractivity contribution in [1.29, 1.82) is 0 Å². The maximum Gasteiger partial charge on any atom is 0.401 e. The van der Waals surface area contributed by atoms with Crippen LogP contribution in [0.3, 0.4) is 0 Å². The fourth-order valence-corrected chi connectivity index (χ4v) is 3.96. The fourth-order valence-electron chi connectivity index (χ4n) is 3.96. The number of hydrogen-bond acceptors (Lipinski definition) is 2. The number of halogens is 5. The minimum atomic E-state index is -4.17. The maximum absolute atomic E-state index is 13.2. The second-order valence-electron chi connectivity index (χ2n) is 7.55. The van der Waals surface area contributed by atoms with Crippen molar-refractivity contribution in [3.8, 4) is 0 Å². The second kappa shape index (κ2) is 9.60. The van der Waals surface area contributed by atoms with Crippen LogP contribution in [0.2, 0.25) is 0 Å². The Morgan fingerprint density at radius 3 is 2.46 bits per heavy atom. The number of nitrogens with one attached hydrogen (secondary N) is 2. The van der Waals surface area contributed by atoms with Crippen LogP contribution in [0.5, 0.6) is 0 Å². The number of hydrogen-bond donors (Lipinski definition) is 2. The van der Waals surface area contributed by atoms with E-state index in [0.717, 1.165) is 24.8 Å². The summed E-state index contributed by atoms with van der Waals surface area (Å²) in [5.74, 6) is 0.352. The normalized spacial score (nSPS) is 22.3. The van der Waals surface area contributed by atoms with Gasteiger partial charge in [0.2, 0.25) is 0 Å². The van der Waals surface area contributed by atoms with E-state index in [0.29, 0.717) is 32.0 Å². The molecule has 0 radical (unpaired) electrons. The molecule has 1 saturated heterocycles. The monoisotopic (exact) mass is 514 g/mol. The van der Waals surface area contributed by atoms with E-state index < -0.39 is 12.7 Å². The molecule has 1 aromatic carbocycles. The van der Waals surface area contributed by atoms with E-state index in [-0.39, 0.29) is 41.3 Å². The quantitative estimate of drug-likeness (QED) is 0.273. The number of likely N-dealkylation sites (tertiary alicyclic amines) is 1. The van der Waals surface area contributed by atoms with E-state index in [1.165, 1.54) is 17.0 Å². The van der Waals surface area contributed by atoms with E-state index in [9.17, 15) is 17.6 Å². The zero-order chi connectivity index (χ0) is 19.5. The van der Waals surface area contributed by atoms with Crippen molar-refractivity contribution in [2.45, 2.75) is 43.3 Å². The summed E-state index contributed by atoms with van der Waals surface area (Å²) in [6, 6.07) is 6.57. The van der Waals surface area contributed by atoms with Gasteiger partial charge < -0.3 is 10.6 Å². The molecule has 1 atom stereocenters. The van der Waals surface area contributed by atoms with Gasteiger partial charge in [-0.25, -0.2) is 4.39 Å². The lowest BCUT2D eigenvalue weighted by molar-refractivity contribution is -0.143. The molecular formula is C19H27F4IN4. The lowest BCUT2D eigenvalue weighted by Crippen LogP contribution is -2.51. The summed E-state index contributed by atoms with van der Waals surface area (Å²) in [6.45, 7) is 0.569. The van der Waals surface area contributed by atoms with Crippen LogP contribution in [0.15, 0.2) is 29.3 Å². The van der Waals surface area contributed by atoms with Gasteiger partial charge in [0.15, 0.2) is 5.96 Å². The molecule has 1 unspecified atom stereocenters. The van der Waals surface area contributed by atoms with Crippen LogP contribution >= 0.6 is 24.0 Å². The molecule has 2 fully saturated rings. The van der Waals surface area contributed by atoms with Gasteiger partial charge in [0.05, 0.1) is 6.54 Å². The molecule has 3 rings (SSSR count). The first-order valence-electron chi connectivity index (χ1n) is 9.32. The van der Waals surface area contributed by atoms with Crippen LogP contribution < -0.4 is 10.6 Å². The predicted molar refractivity (Wildman–Crippen MR) is 113 cm³/mol. The number of alkyl halides is 3. The molecule has 2 N–H and O–H groups in total. The first kappa shape index (κ1) is 23.2. The summed E-state index contributed by atoms with van der Waals surface area (Å²) >= 11 is 0. The van der Waals surface area contributed by atoms with Crippen molar-refractivity contribution < 1.29 is 17.6 Å². The molecule has 0 aromatic heterocycles. The van der Waals surface area contributed by atoms with Gasteiger partial charge in [0.25, 0.3) is 0 Å². The topological polar surface area (TPSA) is 39.7 Å². The van der Waals surface area contributed by atoms with Crippen molar-refractivity contribution in [2.75, 3.05) is 33.2 Å². The summed E-state index contributed by atoms with van der Waals surface area (Å²) in [5, 5.41) is 6.55. The third-order valence-electron chi connectivity index (χ3n) is 5.60. The largest absolute Gasteiger partial charge is 0.401 e. The highest BCUT2D eigenvalue weighted by molar-refractivity contribution is 14.0. The molecule has 9 heteroatoms. The van der Waals surface area contributed by atoms with E-state index in [2.05, 4.69) is 15.6 Å². The van der Waals surface area contributed by atoms with Crippen LogP contribution in [-0.2, 0) is 5.41 Å². The van der Waals surface area contributed by atoms with E-state index in [1.807, 2.05) is 12.1 Å². The van der Waals surface area contributed by atoms with Gasteiger partial charge in [-0.15, -0.1) is 24.0 Å². The highest BCUT2D eigenvalue weighted by Crippen LogP contribution is 2.43. The highest BCUT2D eigenvalue weighted by atomic mass is 127. The summed E-state index contributed by atoms with van der Waals surface area (Å²) in [6.07, 6.45) is -0.350. The highest BCUT2D eigenvalue weighted by Gasteiger charge is 2.39. The molecule has 0 bridgehead atoms. The SMILES string of the molecule is CN=C(NCC1(c2ccc(F)cc2)CCC1)NC1CCN(CC(F)(F)F)C1.I. The smallest absolute Gasteiger partial charge is 0.356 e. The molecule has 1 aliphatic heterocycles. The predicted octanol–water partition coefficient (Wildman–Crippen LogP) is 3.67. The second-order valence-corrected chi connectivity index (χ2v) is 7.55. The van der Waals surface area contributed by atoms with Crippen molar-refractivity contribution in [1.82, 2.24) is 15.5 Å². The van der Waals surface area contributed by atoms with Gasteiger partial charge in [0, 0.05) is 38.1 Å². The summed E-state index contributed by atoms with van der Waals surface area (Å²) in [5.41, 5.74) is 1.07. The van der Waals surface area contributed by atoms with Crippen LogP contribution in [0.1, 0.15) is 31.2 Å². The molecule has 0 spiro atoms. The molecule has 1 heterocycles. The van der Waals surface area contributed by atoms with Crippen molar-refractivity contribution in [2.24, 2.45) is 4.99 Å². The Hall–Kier alpha value is -1.10. The van der Waals surface area contributed by atoms with Crippen molar-refractivity contribution in [3.05, 3.63) is 35.6 Å². The zero-order valence-corrected chi connectivity index (χ0v) is 18.2. The zero-order valence-electron chi connectivity index (χ0n) is 15.9. The van der Waals surface area contributed by atoms with E-state index in [4.69, 9.17) is 0 Å². The molecule has 2 aliphatic rings. The number of guanidine groups is 1. The van der Waals surface area contributed by atoms with Crippen LogP contribution in [-0.4, -0.2) is 56.3 Å². The molecular weight excluding hydrogens is 487 g/mol. The molecule has 1 aromatic rings. The molecule has 1 saturated carbocycles. The number of nitrogens with zero attached hydrogens (tertiary/aromatic N) is 2. The Bertz CT molecular complexity index is 659. The maximum atomic E-state index is 13.2. The number of benzene rings is 1. The van der Waals surface area contributed by atoms with Crippen LogP contribution in [0.25, 0.3) is 0 Å². The fraction of sp³-hybridized carbons (Fsp3) is 0.632. The lowest BCUT2D eigenvalue weighted by atomic mass is 9.64. The van der Waals surface area contributed by atoms with Gasteiger partial charge in [-0.2, -0.15) is 13.2 Å². The van der Waals surface area contributed by atoms with Gasteiger partial charge in [-0.1, -0.05) is 18.6 Å². The van der Waals surface area contributed by atoms with Gasteiger partial charge in [-0.3, -0.25) is 9.89 Å². The lowest BCUT2D eigenvalue weighted by Gasteiger charge is -2.43. The Morgan fingerprint density at radius 1 is 1.25 bits per heavy atom. The Balaban J connectivity index is 0.00000280. The minimum Gasteiger partial charge on any atom is -0.356 e. The number of rotatable bonds is 5. The molecule has 4 nitrogen and oxygen atoms in total. The minimum absolute atomic E-state index is 0. The Morgan fingerprint density at radius 2 is 1.93 bits per heavy atom. The Kier molecular flexibility index (Phi) is 7.95. The summed E-state index contributed by atoms with van der Waals surface area (Å²) in [4.78, 5) is 5.63. The average Bonchev–Trinajstić information content (AvgIpc) is 2.99. The third kappa shape index (κ3) is 5.95. The standard InChI is InChI=1S/C19H26F4N4.HI/c1-24-17(26-16-7-10-27(11-16)13-19(21,22)23)25-12-18(8-2-9-18)14-3-5-15(20)6-4-14;/h3-6,16H,2,7-13H2,1H3,(H2,24,25,26);1H. The molecule has 0 amide bonds. The van der Waals surface area contributed by atoms with Crippen molar-refractivity contribution in [3.63, 3.8) is 0 Å². The molecule has 1 aliphatic carbocycles. The third-order valence-corrected chi connectivity index (χ3v) is 5.60. The van der Waals surface area contributed by atoms with Crippen molar-refractivity contribution >= 4 is 29.9 Å². The van der Waals surface area contributed by atoms with Gasteiger partial charge >= 0.3 is 6.18 Å². The molecule has 28 heavy (non-hydrogen) atoms. The first-order valence-corrected chi connectivity index (χ1v) is 9.32.